The fourth-order valence-corrected chi connectivity index (χ4v) is 2.71. The maximum atomic E-state index is 13.5. The number of nitrogens with one attached hydrogen (secondary N) is 2. The monoisotopic (exact) mass is 333 g/mol. The van der Waals surface area contributed by atoms with Gasteiger partial charge in [0.05, 0.1) is 11.0 Å². The van der Waals surface area contributed by atoms with E-state index in [4.69, 9.17) is 0 Å². The summed E-state index contributed by atoms with van der Waals surface area (Å²) >= 11 is 0. The standard InChI is InChI=1S/C19H16FN5/c20-14-6-7-17-15(11-14)19(24-12-23-17)22-10-9-21-18-8-5-13-3-1-2-4-16(13)25-18/h1-8,11-12H,9-10H2,(H,21,25)(H,22,23,24). The van der Waals surface area contributed by atoms with Gasteiger partial charge in [-0.25, -0.2) is 19.3 Å². The van der Waals surface area contributed by atoms with Gasteiger partial charge in [-0.15, -0.1) is 0 Å². The van der Waals surface area contributed by atoms with Crippen molar-refractivity contribution in [3.63, 3.8) is 0 Å². The Bertz CT molecular complexity index is 1030. The van der Waals surface area contributed by atoms with Gasteiger partial charge in [0.25, 0.3) is 0 Å². The average molecular weight is 333 g/mol. The Kier molecular flexibility index (Phi) is 4.08. The molecule has 0 saturated heterocycles. The number of hydrogen-bond acceptors (Lipinski definition) is 5. The molecule has 0 atom stereocenters. The predicted molar refractivity (Wildman–Crippen MR) is 98.2 cm³/mol. The van der Waals surface area contributed by atoms with E-state index >= 15 is 0 Å². The Morgan fingerprint density at radius 2 is 1.72 bits per heavy atom. The van der Waals surface area contributed by atoms with Crippen LogP contribution in [0.3, 0.4) is 0 Å². The maximum Gasteiger partial charge on any atom is 0.137 e. The lowest BCUT2D eigenvalue weighted by molar-refractivity contribution is 0.629. The Hall–Kier alpha value is -3.28. The third-order valence-corrected chi connectivity index (χ3v) is 3.92. The number of anilines is 2. The van der Waals surface area contributed by atoms with Gasteiger partial charge in [-0.1, -0.05) is 18.2 Å². The number of para-hydroxylation sites is 1. The van der Waals surface area contributed by atoms with Crippen molar-refractivity contribution in [2.75, 3.05) is 23.7 Å². The van der Waals surface area contributed by atoms with Gasteiger partial charge in [0.2, 0.25) is 0 Å². The molecule has 2 aromatic carbocycles. The van der Waals surface area contributed by atoms with E-state index in [1.54, 1.807) is 6.07 Å². The Morgan fingerprint density at radius 3 is 2.68 bits per heavy atom. The zero-order valence-electron chi connectivity index (χ0n) is 13.4. The van der Waals surface area contributed by atoms with Gasteiger partial charge < -0.3 is 10.6 Å². The van der Waals surface area contributed by atoms with Crippen molar-refractivity contribution < 1.29 is 4.39 Å². The molecule has 2 aromatic heterocycles. The van der Waals surface area contributed by atoms with Gasteiger partial charge >= 0.3 is 0 Å². The lowest BCUT2D eigenvalue weighted by Gasteiger charge is -2.10. The van der Waals surface area contributed by atoms with Crippen LogP contribution in [0.4, 0.5) is 16.0 Å². The Morgan fingerprint density at radius 1 is 0.840 bits per heavy atom. The van der Waals surface area contributed by atoms with Crippen LogP contribution in [-0.4, -0.2) is 28.0 Å². The summed E-state index contributed by atoms with van der Waals surface area (Å²) < 4.78 is 13.5. The van der Waals surface area contributed by atoms with Gasteiger partial charge in [-0.05, 0) is 36.4 Å². The highest BCUT2D eigenvalue weighted by Crippen LogP contribution is 2.20. The predicted octanol–water partition coefficient (Wildman–Crippen LogP) is 3.84. The van der Waals surface area contributed by atoms with Crippen LogP contribution >= 0.6 is 0 Å². The summed E-state index contributed by atoms with van der Waals surface area (Å²) in [6, 6.07) is 16.5. The first-order valence-electron chi connectivity index (χ1n) is 8.03. The second-order valence-electron chi connectivity index (χ2n) is 5.63. The molecule has 0 aliphatic rings. The zero-order chi connectivity index (χ0) is 17.1. The summed E-state index contributed by atoms with van der Waals surface area (Å²) in [5.41, 5.74) is 1.67. The molecular weight excluding hydrogens is 317 g/mol. The van der Waals surface area contributed by atoms with Gasteiger partial charge in [-0.3, -0.25) is 0 Å². The highest BCUT2D eigenvalue weighted by Gasteiger charge is 2.04. The van der Waals surface area contributed by atoms with Gasteiger partial charge in [0.15, 0.2) is 0 Å². The van der Waals surface area contributed by atoms with Crippen molar-refractivity contribution in [1.82, 2.24) is 15.0 Å². The molecule has 0 saturated carbocycles. The summed E-state index contributed by atoms with van der Waals surface area (Å²) in [6.07, 6.45) is 1.47. The van der Waals surface area contributed by atoms with E-state index in [1.807, 2.05) is 36.4 Å². The third-order valence-electron chi connectivity index (χ3n) is 3.92. The van der Waals surface area contributed by atoms with Crippen LogP contribution in [0.2, 0.25) is 0 Å². The fraction of sp³-hybridized carbons (Fsp3) is 0.105. The van der Waals surface area contributed by atoms with Crippen molar-refractivity contribution in [2.45, 2.75) is 0 Å². The van der Waals surface area contributed by atoms with Crippen LogP contribution in [0.25, 0.3) is 21.8 Å². The minimum atomic E-state index is -0.302. The average Bonchev–Trinajstić information content (AvgIpc) is 2.65. The number of hydrogen-bond donors (Lipinski definition) is 2. The molecule has 124 valence electrons. The van der Waals surface area contributed by atoms with E-state index in [9.17, 15) is 4.39 Å². The molecule has 6 heteroatoms. The maximum absolute atomic E-state index is 13.5. The second-order valence-corrected chi connectivity index (χ2v) is 5.63. The SMILES string of the molecule is Fc1ccc2ncnc(NCCNc3ccc4ccccc4n3)c2c1. The van der Waals surface area contributed by atoms with E-state index in [0.29, 0.717) is 29.8 Å². The smallest absolute Gasteiger partial charge is 0.137 e. The lowest BCUT2D eigenvalue weighted by atomic mass is 10.2. The number of nitrogens with zero attached hydrogens (tertiary/aromatic N) is 3. The summed E-state index contributed by atoms with van der Waals surface area (Å²) in [6.45, 7) is 1.28. The molecule has 0 fully saturated rings. The van der Waals surface area contributed by atoms with Crippen LogP contribution in [0, 0.1) is 5.82 Å². The molecule has 0 aliphatic carbocycles. The quantitative estimate of drug-likeness (QED) is 0.543. The fourth-order valence-electron chi connectivity index (χ4n) is 2.71. The number of aromatic nitrogens is 3. The molecule has 0 amide bonds. The van der Waals surface area contributed by atoms with Crippen LogP contribution in [-0.2, 0) is 0 Å². The molecule has 0 unspecified atom stereocenters. The minimum Gasteiger partial charge on any atom is -0.368 e. The molecule has 0 aliphatic heterocycles. The molecule has 0 radical (unpaired) electrons. The van der Waals surface area contributed by atoms with Gasteiger partial charge in [0.1, 0.15) is 23.8 Å². The van der Waals surface area contributed by atoms with E-state index in [0.717, 1.165) is 16.7 Å². The van der Waals surface area contributed by atoms with Gasteiger partial charge in [0, 0.05) is 23.9 Å². The molecular formula is C19H16FN5. The summed E-state index contributed by atoms with van der Waals surface area (Å²) in [7, 11) is 0. The van der Waals surface area contributed by atoms with E-state index in [1.165, 1.54) is 18.5 Å². The zero-order valence-corrected chi connectivity index (χ0v) is 13.4. The van der Waals surface area contributed by atoms with Gasteiger partial charge in [-0.2, -0.15) is 0 Å². The highest BCUT2D eigenvalue weighted by molar-refractivity contribution is 5.88. The molecule has 25 heavy (non-hydrogen) atoms. The molecule has 4 aromatic rings. The van der Waals surface area contributed by atoms with Crippen LogP contribution in [0.1, 0.15) is 0 Å². The first-order chi connectivity index (χ1) is 12.3. The van der Waals surface area contributed by atoms with Crippen LogP contribution < -0.4 is 10.6 Å². The van der Waals surface area contributed by atoms with E-state index < -0.39 is 0 Å². The van der Waals surface area contributed by atoms with E-state index in [-0.39, 0.29) is 5.82 Å². The number of halogens is 1. The highest BCUT2D eigenvalue weighted by atomic mass is 19.1. The summed E-state index contributed by atoms with van der Waals surface area (Å²) in [4.78, 5) is 12.9. The van der Waals surface area contributed by atoms with Crippen LogP contribution in [0.5, 0.6) is 0 Å². The second kappa shape index (κ2) is 6.68. The normalized spacial score (nSPS) is 10.9. The molecule has 2 N–H and O–H groups in total. The van der Waals surface area contributed by atoms with Crippen molar-refractivity contribution in [2.24, 2.45) is 0 Å². The third kappa shape index (κ3) is 3.33. The first kappa shape index (κ1) is 15.3. The van der Waals surface area contributed by atoms with Crippen molar-refractivity contribution in [1.29, 1.82) is 0 Å². The van der Waals surface area contributed by atoms with Crippen LogP contribution in [0.15, 0.2) is 60.9 Å². The molecule has 2 heterocycles. The minimum absolute atomic E-state index is 0.302. The Labute approximate surface area is 144 Å². The Balaban J connectivity index is 1.41. The van der Waals surface area contributed by atoms with Crippen molar-refractivity contribution in [3.05, 3.63) is 66.7 Å². The number of rotatable bonds is 5. The first-order valence-corrected chi connectivity index (χ1v) is 8.03. The van der Waals surface area contributed by atoms with E-state index in [2.05, 4.69) is 25.6 Å². The number of pyridine rings is 1. The number of benzene rings is 2. The largest absolute Gasteiger partial charge is 0.368 e. The summed E-state index contributed by atoms with van der Waals surface area (Å²) in [5.74, 6) is 1.14. The van der Waals surface area contributed by atoms with Crippen molar-refractivity contribution >= 4 is 33.4 Å². The molecule has 4 rings (SSSR count). The molecule has 0 bridgehead atoms. The topological polar surface area (TPSA) is 62.7 Å². The molecule has 0 spiro atoms. The van der Waals surface area contributed by atoms with Crippen molar-refractivity contribution in [3.8, 4) is 0 Å². The lowest BCUT2D eigenvalue weighted by Crippen LogP contribution is -2.15. The molecule has 5 nitrogen and oxygen atoms in total. The summed E-state index contributed by atoms with van der Waals surface area (Å²) in [5, 5.41) is 8.27. The number of fused-ring (bicyclic) bond motifs is 2.